The summed E-state index contributed by atoms with van der Waals surface area (Å²) >= 11 is 0. The van der Waals surface area contributed by atoms with Gasteiger partial charge in [-0.3, -0.25) is 0 Å². The van der Waals surface area contributed by atoms with Gasteiger partial charge in [-0.2, -0.15) is 0 Å². The third kappa shape index (κ3) is 2.83. The Morgan fingerprint density at radius 3 is 2.61 bits per heavy atom. The van der Waals surface area contributed by atoms with Crippen molar-refractivity contribution in [2.75, 3.05) is 18.0 Å². The first-order valence-electron chi connectivity index (χ1n) is 6.76. The lowest BCUT2D eigenvalue weighted by molar-refractivity contribution is 0.282. The number of hydrogen-bond donors (Lipinski definition) is 1. The van der Waals surface area contributed by atoms with E-state index in [9.17, 15) is 4.39 Å². The zero-order chi connectivity index (χ0) is 13.2. The quantitative estimate of drug-likeness (QED) is 0.892. The molecule has 1 aromatic carbocycles. The molecule has 0 amide bonds. The molecule has 1 aromatic rings. The smallest absolute Gasteiger partial charge is 0.123 e. The monoisotopic (exact) mass is 250 g/mol. The Hall–Kier alpha value is -1.09. The zero-order valence-corrected chi connectivity index (χ0v) is 11.3. The van der Waals surface area contributed by atoms with Gasteiger partial charge >= 0.3 is 0 Å². The highest BCUT2D eigenvalue weighted by Gasteiger charge is 2.33. The van der Waals surface area contributed by atoms with E-state index >= 15 is 0 Å². The zero-order valence-electron chi connectivity index (χ0n) is 11.3. The van der Waals surface area contributed by atoms with Gasteiger partial charge in [0.1, 0.15) is 5.82 Å². The van der Waals surface area contributed by atoms with Crippen molar-refractivity contribution in [1.82, 2.24) is 0 Å². The second-order valence-corrected chi connectivity index (χ2v) is 5.88. The third-order valence-electron chi connectivity index (χ3n) is 4.05. The summed E-state index contributed by atoms with van der Waals surface area (Å²) in [5.74, 6) is 0.486. The van der Waals surface area contributed by atoms with Crippen molar-refractivity contribution in [2.24, 2.45) is 11.7 Å². The molecule has 1 saturated heterocycles. The van der Waals surface area contributed by atoms with Crippen molar-refractivity contribution in [3.63, 3.8) is 0 Å². The Bertz CT molecular complexity index is 386. The molecule has 0 saturated carbocycles. The van der Waals surface area contributed by atoms with Gasteiger partial charge in [-0.25, -0.2) is 4.39 Å². The van der Waals surface area contributed by atoms with E-state index in [0.29, 0.717) is 5.92 Å². The number of piperidine rings is 1. The van der Waals surface area contributed by atoms with Gasteiger partial charge in [-0.15, -0.1) is 0 Å². The van der Waals surface area contributed by atoms with Crippen LogP contribution in [0.25, 0.3) is 0 Å². The van der Waals surface area contributed by atoms with Crippen LogP contribution in [-0.4, -0.2) is 18.6 Å². The summed E-state index contributed by atoms with van der Waals surface area (Å²) in [6.07, 6.45) is 3.48. The first-order chi connectivity index (χ1) is 8.53. The Balaban J connectivity index is 2.18. The van der Waals surface area contributed by atoms with Crippen LogP contribution < -0.4 is 10.6 Å². The molecule has 2 nitrogen and oxygen atoms in total. The minimum atomic E-state index is -0.174. The summed E-state index contributed by atoms with van der Waals surface area (Å²) in [6, 6.07) is 6.83. The highest BCUT2D eigenvalue weighted by molar-refractivity contribution is 5.49. The topological polar surface area (TPSA) is 29.3 Å². The molecule has 1 aliphatic heterocycles. The number of hydrogen-bond acceptors (Lipinski definition) is 2. The molecule has 0 aliphatic carbocycles. The molecule has 0 aromatic heterocycles. The van der Waals surface area contributed by atoms with Crippen LogP contribution in [0.15, 0.2) is 24.3 Å². The van der Waals surface area contributed by atoms with Crippen LogP contribution in [0.2, 0.25) is 0 Å². The van der Waals surface area contributed by atoms with Crippen LogP contribution in [0.1, 0.15) is 33.1 Å². The summed E-state index contributed by atoms with van der Waals surface area (Å²) in [5.41, 5.74) is 6.92. The molecule has 0 spiro atoms. The molecule has 3 heteroatoms. The van der Waals surface area contributed by atoms with Gasteiger partial charge in [0, 0.05) is 17.8 Å². The van der Waals surface area contributed by atoms with Crippen LogP contribution in [0.4, 0.5) is 10.1 Å². The molecule has 18 heavy (non-hydrogen) atoms. The number of benzene rings is 1. The van der Waals surface area contributed by atoms with E-state index in [-0.39, 0.29) is 11.4 Å². The van der Waals surface area contributed by atoms with E-state index in [1.807, 2.05) is 12.1 Å². The Labute approximate surface area is 109 Å². The molecule has 1 aliphatic rings. The highest BCUT2D eigenvalue weighted by Crippen LogP contribution is 2.35. The van der Waals surface area contributed by atoms with Gasteiger partial charge in [-0.05, 0) is 69.8 Å². The lowest BCUT2D eigenvalue weighted by Crippen LogP contribution is -2.50. The maximum Gasteiger partial charge on any atom is 0.123 e. The van der Waals surface area contributed by atoms with Gasteiger partial charge in [0.2, 0.25) is 0 Å². The van der Waals surface area contributed by atoms with E-state index in [4.69, 9.17) is 5.73 Å². The number of halogens is 1. The fourth-order valence-corrected chi connectivity index (χ4v) is 2.84. The summed E-state index contributed by atoms with van der Waals surface area (Å²) in [6.45, 7) is 6.29. The van der Waals surface area contributed by atoms with Crippen LogP contribution in [0, 0.1) is 11.7 Å². The minimum absolute atomic E-state index is 0.142. The SMILES string of the molecule is CC1(C)CCC(CCN)CN1c1ccc(F)cc1. The van der Waals surface area contributed by atoms with Crippen LogP contribution in [0.3, 0.4) is 0 Å². The molecule has 2 N–H and O–H groups in total. The predicted molar refractivity (Wildman–Crippen MR) is 74.2 cm³/mol. The van der Waals surface area contributed by atoms with Gasteiger partial charge in [0.05, 0.1) is 0 Å². The summed E-state index contributed by atoms with van der Waals surface area (Å²) < 4.78 is 13.0. The molecule has 2 rings (SSSR count). The molecule has 1 unspecified atom stereocenters. The van der Waals surface area contributed by atoms with Crippen molar-refractivity contribution in [1.29, 1.82) is 0 Å². The fourth-order valence-electron chi connectivity index (χ4n) is 2.84. The van der Waals surface area contributed by atoms with Crippen molar-refractivity contribution in [3.8, 4) is 0 Å². The summed E-state index contributed by atoms with van der Waals surface area (Å²) in [7, 11) is 0. The van der Waals surface area contributed by atoms with E-state index in [2.05, 4.69) is 18.7 Å². The minimum Gasteiger partial charge on any atom is -0.366 e. The molecule has 0 bridgehead atoms. The number of nitrogens with zero attached hydrogens (tertiary/aromatic N) is 1. The van der Waals surface area contributed by atoms with Crippen LogP contribution in [0.5, 0.6) is 0 Å². The number of rotatable bonds is 3. The third-order valence-corrected chi connectivity index (χ3v) is 4.05. The molecular weight excluding hydrogens is 227 g/mol. The average molecular weight is 250 g/mol. The van der Waals surface area contributed by atoms with Gasteiger partial charge in [0.25, 0.3) is 0 Å². The van der Waals surface area contributed by atoms with Crippen LogP contribution in [-0.2, 0) is 0 Å². The molecule has 100 valence electrons. The Morgan fingerprint density at radius 2 is 2.00 bits per heavy atom. The standard InChI is InChI=1S/C15H23FN2/c1-15(2)9-7-12(8-10-17)11-18(15)14-5-3-13(16)4-6-14/h3-6,12H,7-11,17H2,1-2H3. The molecule has 0 radical (unpaired) electrons. The van der Waals surface area contributed by atoms with E-state index in [1.165, 1.54) is 18.6 Å². The largest absolute Gasteiger partial charge is 0.366 e. The Kier molecular flexibility index (Phi) is 3.91. The maximum atomic E-state index is 13.0. The molecule has 1 heterocycles. The van der Waals surface area contributed by atoms with Crippen molar-refractivity contribution >= 4 is 5.69 Å². The summed E-state index contributed by atoms with van der Waals surface area (Å²) in [4.78, 5) is 2.40. The number of nitrogens with two attached hydrogens (primary N) is 1. The normalized spacial score (nSPS) is 23.1. The lowest BCUT2D eigenvalue weighted by atomic mass is 9.83. The average Bonchev–Trinajstić information content (AvgIpc) is 2.33. The molecule has 1 atom stereocenters. The predicted octanol–water partition coefficient (Wildman–Crippen LogP) is 3.17. The maximum absolute atomic E-state index is 13.0. The molecular formula is C15H23FN2. The van der Waals surface area contributed by atoms with E-state index in [0.717, 1.165) is 31.6 Å². The Morgan fingerprint density at radius 1 is 1.33 bits per heavy atom. The van der Waals surface area contributed by atoms with Gasteiger partial charge in [0.15, 0.2) is 0 Å². The first-order valence-corrected chi connectivity index (χ1v) is 6.76. The van der Waals surface area contributed by atoms with Crippen molar-refractivity contribution in [2.45, 2.75) is 38.6 Å². The van der Waals surface area contributed by atoms with Crippen molar-refractivity contribution < 1.29 is 4.39 Å². The first kappa shape index (κ1) is 13.3. The summed E-state index contributed by atoms with van der Waals surface area (Å²) in [5, 5.41) is 0. The van der Waals surface area contributed by atoms with E-state index in [1.54, 1.807) is 0 Å². The fraction of sp³-hybridized carbons (Fsp3) is 0.600. The van der Waals surface area contributed by atoms with Crippen LogP contribution >= 0.6 is 0 Å². The lowest BCUT2D eigenvalue weighted by Gasteiger charge is -2.47. The second kappa shape index (κ2) is 5.27. The highest BCUT2D eigenvalue weighted by atomic mass is 19.1. The second-order valence-electron chi connectivity index (χ2n) is 5.88. The van der Waals surface area contributed by atoms with Gasteiger partial charge < -0.3 is 10.6 Å². The molecule has 1 fully saturated rings. The number of anilines is 1. The van der Waals surface area contributed by atoms with Gasteiger partial charge in [-0.1, -0.05) is 0 Å². The van der Waals surface area contributed by atoms with E-state index < -0.39 is 0 Å². The van der Waals surface area contributed by atoms with Crippen molar-refractivity contribution in [3.05, 3.63) is 30.1 Å².